The Morgan fingerprint density at radius 1 is 1.12 bits per heavy atom. The third-order valence-corrected chi connectivity index (χ3v) is 4.77. The van der Waals surface area contributed by atoms with Crippen LogP contribution in [0.3, 0.4) is 0 Å². The second kappa shape index (κ2) is 8.01. The summed E-state index contributed by atoms with van der Waals surface area (Å²) < 4.78 is 42.5. The zero-order valence-corrected chi connectivity index (χ0v) is 14.3. The number of hydrogen-bond acceptors (Lipinski definition) is 4. The first-order chi connectivity index (χ1) is 11.2. The van der Waals surface area contributed by atoms with E-state index in [-0.39, 0.29) is 30.7 Å². The molecule has 0 saturated carbocycles. The second-order valence-corrected chi connectivity index (χ2v) is 7.09. The molecule has 0 spiro atoms. The van der Waals surface area contributed by atoms with Gasteiger partial charge in [-0.05, 0) is 19.8 Å². The SMILES string of the molecule is C[C@@H]1CN(C[C@H]2CN(C(=O)CCC(F)(F)F)C[C@H]2CO)C[C@H](C)O1. The van der Waals surface area contributed by atoms with Crippen LogP contribution in [0.25, 0.3) is 0 Å². The number of halogens is 3. The molecule has 1 amide bonds. The van der Waals surface area contributed by atoms with E-state index < -0.39 is 24.9 Å². The highest BCUT2D eigenvalue weighted by molar-refractivity contribution is 5.76. The lowest BCUT2D eigenvalue weighted by molar-refractivity contribution is -0.148. The average Bonchev–Trinajstić information content (AvgIpc) is 2.86. The Balaban J connectivity index is 1.88. The highest BCUT2D eigenvalue weighted by atomic mass is 19.4. The van der Waals surface area contributed by atoms with Gasteiger partial charge in [0.05, 0.1) is 18.6 Å². The molecular weight excluding hydrogens is 325 g/mol. The number of alkyl halides is 3. The molecule has 5 nitrogen and oxygen atoms in total. The van der Waals surface area contributed by atoms with Crippen molar-refractivity contribution in [3.8, 4) is 0 Å². The predicted octanol–water partition coefficient (Wildman–Crippen LogP) is 1.50. The molecule has 0 radical (unpaired) electrons. The van der Waals surface area contributed by atoms with Gasteiger partial charge < -0.3 is 14.7 Å². The molecule has 2 aliphatic heterocycles. The van der Waals surface area contributed by atoms with Crippen molar-refractivity contribution in [2.75, 3.05) is 39.3 Å². The molecule has 2 rings (SSSR count). The summed E-state index contributed by atoms with van der Waals surface area (Å²) in [4.78, 5) is 15.7. The number of aliphatic hydroxyl groups excluding tert-OH is 1. The Morgan fingerprint density at radius 2 is 1.71 bits per heavy atom. The van der Waals surface area contributed by atoms with E-state index in [1.165, 1.54) is 4.90 Å². The van der Waals surface area contributed by atoms with Crippen LogP contribution in [0.2, 0.25) is 0 Å². The largest absolute Gasteiger partial charge is 0.396 e. The van der Waals surface area contributed by atoms with Crippen molar-refractivity contribution >= 4 is 5.91 Å². The van der Waals surface area contributed by atoms with Gasteiger partial charge in [-0.25, -0.2) is 0 Å². The van der Waals surface area contributed by atoms with Gasteiger partial charge in [-0.15, -0.1) is 0 Å². The van der Waals surface area contributed by atoms with E-state index in [1.807, 2.05) is 13.8 Å². The number of amides is 1. The van der Waals surface area contributed by atoms with Gasteiger partial charge in [0.1, 0.15) is 0 Å². The molecule has 0 aromatic rings. The zero-order valence-electron chi connectivity index (χ0n) is 14.3. The van der Waals surface area contributed by atoms with Crippen molar-refractivity contribution in [3.05, 3.63) is 0 Å². The topological polar surface area (TPSA) is 53.0 Å². The summed E-state index contributed by atoms with van der Waals surface area (Å²) in [5, 5.41) is 9.57. The van der Waals surface area contributed by atoms with Crippen LogP contribution in [0.1, 0.15) is 26.7 Å². The minimum Gasteiger partial charge on any atom is -0.396 e. The Hall–Kier alpha value is -0.860. The Morgan fingerprint density at radius 3 is 2.25 bits per heavy atom. The number of aliphatic hydroxyl groups is 1. The van der Waals surface area contributed by atoms with Crippen molar-refractivity contribution in [1.82, 2.24) is 9.80 Å². The maximum absolute atomic E-state index is 12.3. The average molecular weight is 352 g/mol. The normalized spacial score (nSPS) is 32.3. The van der Waals surface area contributed by atoms with Crippen LogP contribution < -0.4 is 0 Å². The van der Waals surface area contributed by atoms with Gasteiger partial charge in [0, 0.05) is 51.7 Å². The number of likely N-dealkylation sites (tertiary alicyclic amines) is 1. The Kier molecular flexibility index (Phi) is 6.50. The van der Waals surface area contributed by atoms with Gasteiger partial charge in [-0.3, -0.25) is 9.69 Å². The summed E-state index contributed by atoms with van der Waals surface area (Å²) in [7, 11) is 0. The van der Waals surface area contributed by atoms with Gasteiger partial charge in [0.15, 0.2) is 0 Å². The van der Waals surface area contributed by atoms with Crippen molar-refractivity contribution in [2.24, 2.45) is 11.8 Å². The summed E-state index contributed by atoms with van der Waals surface area (Å²) >= 11 is 0. The van der Waals surface area contributed by atoms with E-state index in [4.69, 9.17) is 4.74 Å². The van der Waals surface area contributed by atoms with E-state index in [9.17, 15) is 23.1 Å². The van der Waals surface area contributed by atoms with Crippen LogP contribution in [0.15, 0.2) is 0 Å². The van der Waals surface area contributed by atoms with Crippen LogP contribution in [-0.4, -0.2) is 78.5 Å². The van der Waals surface area contributed by atoms with Crippen LogP contribution in [0, 0.1) is 11.8 Å². The first kappa shape index (κ1) is 19.5. The molecule has 2 aliphatic rings. The van der Waals surface area contributed by atoms with Gasteiger partial charge in [0.25, 0.3) is 0 Å². The monoisotopic (exact) mass is 352 g/mol. The molecular formula is C16H27F3N2O3. The third kappa shape index (κ3) is 5.60. The lowest BCUT2D eigenvalue weighted by Crippen LogP contribution is -2.48. The molecule has 2 fully saturated rings. The lowest BCUT2D eigenvalue weighted by Gasteiger charge is -2.37. The maximum atomic E-state index is 12.3. The Bertz CT molecular complexity index is 423. The van der Waals surface area contributed by atoms with Gasteiger partial charge in [-0.2, -0.15) is 13.2 Å². The van der Waals surface area contributed by atoms with Crippen molar-refractivity contribution in [1.29, 1.82) is 0 Å². The minimum atomic E-state index is -4.31. The predicted molar refractivity (Wildman–Crippen MR) is 82.4 cm³/mol. The highest BCUT2D eigenvalue weighted by Crippen LogP contribution is 2.28. The molecule has 2 heterocycles. The van der Waals surface area contributed by atoms with Crippen molar-refractivity contribution in [3.63, 3.8) is 0 Å². The summed E-state index contributed by atoms with van der Waals surface area (Å²) in [5.74, 6) is -0.465. The minimum absolute atomic E-state index is 0.0524. The molecule has 2 saturated heterocycles. The van der Waals surface area contributed by atoms with Crippen LogP contribution in [0.4, 0.5) is 13.2 Å². The number of rotatable bonds is 5. The summed E-state index contributed by atoms with van der Waals surface area (Å²) in [6, 6.07) is 0. The first-order valence-electron chi connectivity index (χ1n) is 8.51. The standard InChI is InChI=1S/C16H27F3N2O3/c1-11-5-20(6-12(2)24-11)7-13-8-21(9-14(13)10-22)15(23)3-4-16(17,18)19/h11-14,22H,3-10H2,1-2H3/t11-,12+,13-,14-/m0/s1. The second-order valence-electron chi connectivity index (χ2n) is 7.09. The number of nitrogens with zero attached hydrogens (tertiary/aromatic N) is 2. The Labute approximate surface area is 140 Å². The fourth-order valence-corrected chi connectivity index (χ4v) is 3.73. The number of carbonyl (C=O) groups excluding carboxylic acids is 1. The molecule has 24 heavy (non-hydrogen) atoms. The molecule has 0 aromatic carbocycles. The summed E-state index contributed by atoms with van der Waals surface area (Å²) in [5.41, 5.74) is 0. The molecule has 0 aromatic heterocycles. The maximum Gasteiger partial charge on any atom is 0.389 e. The lowest BCUT2D eigenvalue weighted by atomic mass is 9.96. The van der Waals surface area contributed by atoms with Crippen LogP contribution >= 0.6 is 0 Å². The van der Waals surface area contributed by atoms with Gasteiger partial charge in [0.2, 0.25) is 5.91 Å². The molecule has 140 valence electrons. The van der Waals surface area contributed by atoms with Crippen molar-refractivity contribution in [2.45, 2.75) is 45.1 Å². The van der Waals surface area contributed by atoms with E-state index in [2.05, 4.69) is 4.90 Å². The summed E-state index contributed by atoms with van der Waals surface area (Å²) in [6.07, 6.45) is -5.65. The third-order valence-electron chi connectivity index (χ3n) is 4.77. The van der Waals surface area contributed by atoms with E-state index in [0.717, 1.165) is 19.6 Å². The van der Waals surface area contributed by atoms with Gasteiger partial charge >= 0.3 is 6.18 Å². The number of ether oxygens (including phenoxy) is 1. The molecule has 0 unspecified atom stereocenters. The van der Waals surface area contributed by atoms with Crippen LogP contribution in [-0.2, 0) is 9.53 Å². The summed E-state index contributed by atoms with van der Waals surface area (Å²) in [6.45, 7) is 7.04. The van der Waals surface area contributed by atoms with E-state index in [1.54, 1.807) is 0 Å². The highest BCUT2D eigenvalue weighted by Gasteiger charge is 2.38. The number of morpholine rings is 1. The smallest absolute Gasteiger partial charge is 0.389 e. The van der Waals surface area contributed by atoms with Crippen molar-refractivity contribution < 1.29 is 27.8 Å². The van der Waals surface area contributed by atoms with Gasteiger partial charge in [-0.1, -0.05) is 0 Å². The zero-order chi connectivity index (χ0) is 17.9. The molecule has 0 bridgehead atoms. The number of hydrogen-bond donors (Lipinski definition) is 1. The fourth-order valence-electron chi connectivity index (χ4n) is 3.73. The van der Waals surface area contributed by atoms with Crippen LogP contribution in [0.5, 0.6) is 0 Å². The first-order valence-corrected chi connectivity index (χ1v) is 8.51. The van der Waals surface area contributed by atoms with E-state index >= 15 is 0 Å². The fraction of sp³-hybridized carbons (Fsp3) is 0.938. The molecule has 4 atom stereocenters. The molecule has 0 aliphatic carbocycles. The number of carbonyl (C=O) groups is 1. The quantitative estimate of drug-likeness (QED) is 0.815. The molecule has 1 N–H and O–H groups in total. The van der Waals surface area contributed by atoms with E-state index in [0.29, 0.717) is 13.1 Å². The molecule has 8 heteroatoms.